The minimum Gasteiger partial charge on any atom is -0.497 e. The van der Waals surface area contributed by atoms with Crippen molar-refractivity contribution in [3.63, 3.8) is 0 Å². The van der Waals surface area contributed by atoms with Gasteiger partial charge in [-0.3, -0.25) is 14.6 Å². The molecule has 0 bridgehead atoms. The molecule has 0 radical (unpaired) electrons. The molecule has 0 unspecified atom stereocenters. The van der Waals surface area contributed by atoms with Gasteiger partial charge in [-0.2, -0.15) is 0 Å². The number of H-pyrrole nitrogens is 1. The Bertz CT molecular complexity index is 1290. The summed E-state index contributed by atoms with van der Waals surface area (Å²) in [6, 6.07) is 10.7. The zero-order valence-corrected chi connectivity index (χ0v) is 20.6. The van der Waals surface area contributed by atoms with Crippen LogP contribution in [0.4, 0.5) is 0 Å². The number of likely N-dealkylation sites (tertiary alicyclic amines) is 1. The minimum atomic E-state index is -0.526. The minimum absolute atomic E-state index is 0.114. The van der Waals surface area contributed by atoms with Crippen LogP contribution in [0.5, 0.6) is 5.75 Å². The summed E-state index contributed by atoms with van der Waals surface area (Å²) in [6.07, 6.45) is 7.00. The maximum atomic E-state index is 13.6. The largest absolute Gasteiger partial charge is 0.497 e. The third-order valence-electron chi connectivity index (χ3n) is 8.32. The van der Waals surface area contributed by atoms with E-state index in [0.717, 1.165) is 53.6 Å². The predicted molar refractivity (Wildman–Crippen MR) is 135 cm³/mol. The number of carbonyl (C=O) groups is 2. The van der Waals surface area contributed by atoms with Gasteiger partial charge < -0.3 is 24.6 Å². The Morgan fingerprint density at radius 2 is 1.94 bits per heavy atom. The molecule has 3 aliphatic rings. The average Bonchev–Trinajstić information content (AvgIpc) is 3.30. The van der Waals surface area contributed by atoms with Crippen molar-refractivity contribution in [2.24, 2.45) is 5.92 Å². The normalized spacial score (nSPS) is 21.3. The number of aliphatic hydroxyl groups excluding tert-OH is 1. The van der Waals surface area contributed by atoms with Gasteiger partial charge in [0, 0.05) is 54.4 Å². The van der Waals surface area contributed by atoms with Crippen LogP contribution < -0.4 is 4.74 Å². The van der Waals surface area contributed by atoms with E-state index in [0.29, 0.717) is 25.3 Å². The number of aromatic nitrogens is 2. The van der Waals surface area contributed by atoms with Gasteiger partial charge in [0.2, 0.25) is 5.91 Å². The number of fused-ring (bicyclic) bond motifs is 4. The lowest BCUT2D eigenvalue weighted by atomic mass is 9.68. The summed E-state index contributed by atoms with van der Waals surface area (Å²) >= 11 is 0. The summed E-state index contributed by atoms with van der Waals surface area (Å²) in [5.74, 6) is 0.880. The topological polar surface area (TPSA) is 98.8 Å². The van der Waals surface area contributed by atoms with Crippen LogP contribution in [0.3, 0.4) is 0 Å². The molecule has 1 saturated carbocycles. The van der Waals surface area contributed by atoms with Gasteiger partial charge in [-0.15, -0.1) is 0 Å². The van der Waals surface area contributed by atoms with E-state index in [4.69, 9.17) is 4.74 Å². The summed E-state index contributed by atoms with van der Waals surface area (Å²) < 4.78 is 5.44. The van der Waals surface area contributed by atoms with E-state index in [2.05, 4.69) is 9.97 Å². The molecule has 6 rings (SSSR count). The maximum absolute atomic E-state index is 13.6. The molecule has 36 heavy (non-hydrogen) atoms. The lowest BCUT2D eigenvalue weighted by Crippen LogP contribution is -2.68. The fourth-order valence-electron chi connectivity index (χ4n) is 6.56. The van der Waals surface area contributed by atoms with E-state index in [1.807, 2.05) is 23.1 Å². The number of benzene rings is 1. The maximum Gasteiger partial charge on any atom is 0.273 e. The monoisotopic (exact) mass is 488 g/mol. The molecule has 8 heteroatoms. The number of ether oxygens (including phenoxy) is 1. The number of carbonyl (C=O) groups excluding carboxylic acids is 2. The van der Waals surface area contributed by atoms with Gasteiger partial charge >= 0.3 is 0 Å². The summed E-state index contributed by atoms with van der Waals surface area (Å²) in [7, 11) is 1.63. The number of pyridine rings is 1. The molecule has 2 fully saturated rings. The van der Waals surface area contributed by atoms with E-state index in [-0.39, 0.29) is 24.3 Å². The van der Waals surface area contributed by atoms with Crippen LogP contribution >= 0.6 is 0 Å². The summed E-state index contributed by atoms with van der Waals surface area (Å²) in [6.45, 7) is 1.35. The zero-order chi connectivity index (χ0) is 24.9. The van der Waals surface area contributed by atoms with E-state index in [1.54, 1.807) is 36.4 Å². The van der Waals surface area contributed by atoms with E-state index < -0.39 is 11.5 Å². The number of methoxy groups -OCH3 is 1. The second-order valence-electron chi connectivity index (χ2n) is 10.5. The van der Waals surface area contributed by atoms with Crippen LogP contribution in [0.1, 0.15) is 59.9 Å². The molecule has 4 heterocycles. The van der Waals surface area contributed by atoms with E-state index >= 15 is 0 Å². The molecule has 2 amide bonds. The first-order chi connectivity index (χ1) is 17.5. The molecule has 2 N–H and O–H groups in total. The van der Waals surface area contributed by atoms with Crippen LogP contribution in [0.25, 0.3) is 10.9 Å². The fraction of sp³-hybridized carbons (Fsp3) is 0.464. The molecule has 3 aromatic rings. The van der Waals surface area contributed by atoms with Crippen molar-refractivity contribution in [3.05, 3.63) is 59.5 Å². The van der Waals surface area contributed by atoms with Gasteiger partial charge in [0.15, 0.2) is 0 Å². The van der Waals surface area contributed by atoms with Crippen LogP contribution in [-0.2, 0) is 10.2 Å². The number of rotatable bonds is 4. The van der Waals surface area contributed by atoms with Crippen molar-refractivity contribution < 1.29 is 19.4 Å². The standard InChI is InChI=1S/C28H32N4O4/c1-36-19-10-11-20-22(13-19)30-25-23(14-33)32(27(35)21-9-5-6-12-29-21)17-28(24(20)25)15-31(16-28)26(34)18-7-3-2-4-8-18/h5-6,9-13,18,23,30,33H,2-4,7-8,14-17H2,1H3/t23-/m0/s1. The zero-order valence-electron chi connectivity index (χ0n) is 20.6. The Labute approximate surface area is 210 Å². The molecular weight excluding hydrogens is 456 g/mol. The Hall–Kier alpha value is -3.39. The Balaban J connectivity index is 1.41. The van der Waals surface area contributed by atoms with Crippen molar-refractivity contribution >= 4 is 22.7 Å². The number of aliphatic hydroxyl groups is 1. The third-order valence-corrected chi connectivity index (χ3v) is 8.32. The van der Waals surface area contributed by atoms with Gasteiger partial charge in [-0.05, 0) is 42.7 Å². The molecule has 2 aliphatic heterocycles. The summed E-state index contributed by atoms with van der Waals surface area (Å²) in [5, 5.41) is 11.5. The van der Waals surface area contributed by atoms with Crippen molar-refractivity contribution in [3.8, 4) is 5.75 Å². The highest BCUT2D eigenvalue weighted by atomic mass is 16.5. The number of nitrogens with one attached hydrogen (secondary N) is 1. The average molecular weight is 489 g/mol. The number of aromatic amines is 1. The van der Waals surface area contributed by atoms with E-state index in [1.165, 1.54) is 6.42 Å². The first-order valence-corrected chi connectivity index (χ1v) is 12.9. The quantitative estimate of drug-likeness (QED) is 0.586. The number of nitrogens with zero attached hydrogens (tertiary/aromatic N) is 3. The van der Waals surface area contributed by atoms with Crippen molar-refractivity contribution in [1.82, 2.24) is 19.8 Å². The molecule has 1 aliphatic carbocycles. The highest BCUT2D eigenvalue weighted by Gasteiger charge is 2.55. The molecule has 8 nitrogen and oxygen atoms in total. The van der Waals surface area contributed by atoms with Crippen LogP contribution in [-0.4, -0.2) is 70.0 Å². The Kier molecular flexibility index (Phi) is 5.71. The Morgan fingerprint density at radius 1 is 1.14 bits per heavy atom. The summed E-state index contributed by atoms with van der Waals surface area (Å²) in [4.78, 5) is 38.4. The van der Waals surface area contributed by atoms with Gasteiger partial charge in [-0.1, -0.05) is 25.3 Å². The molecule has 1 spiro atoms. The Morgan fingerprint density at radius 3 is 2.64 bits per heavy atom. The lowest BCUT2D eigenvalue weighted by Gasteiger charge is -2.56. The van der Waals surface area contributed by atoms with Gasteiger partial charge in [-0.25, -0.2) is 0 Å². The van der Waals surface area contributed by atoms with Crippen molar-refractivity contribution in [2.75, 3.05) is 33.4 Å². The predicted octanol–water partition coefficient (Wildman–Crippen LogP) is 3.42. The lowest BCUT2D eigenvalue weighted by molar-refractivity contribution is -0.145. The van der Waals surface area contributed by atoms with Gasteiger partial charge in [0.05, 0.1) is 25.2 Å². The highest BCUT2D eigenvalue weighted by molar-refractivity contribution is 5.95. The SMILES string of the molecule is COc1ccc2c3c([nH]c2c1)[C@H](CO)N(C(=O)c1ccccn1)CC31CN(C(=O)C2CCCCC2)C1. The van der Waals surface area contributed by atoms with Crippen molar-refractivity contribution in [1.29, 1.82) is 0 Å². The van der Waals surface area contributed by atoms with Crippen LogP contribution in [0, 0.1) is 5.92 Å². The second kappa shape index (κ2) is 8.92. The first kappa shape index (κ1) is 23.0. The second-order valence-corrected chi connectivity index (χ2v) is 10.5. The van der Waals surface area contributed by atoms with Crippen LogP contribution in [0.2, 0.25) is 0 Å². The molecular formula is C28H32N4O4. The molecule has 188 valence electrons. The first-order valence-electron chi connectivity index (χ1n) is 12.9. The smallest absolute Gasteiger partial charge is 0.273 e. The fourth-order valence-corrected chi connectivity index (χ4v) is 6.56. The number of hydrogen-bond donors (Lipinski definition) is 2. The van der Waals surface area contributed by atoms with Crippen molar-refractivity contribution in [2.45, 2.75) is 43.6 Å². The van der Waals surface area contributed by atoms with Gasteiger partial charge in [0.25, 0.3) is 5.91 Å². The van der Waals surface area contributed by atoms with Crippen LogP contribution in [0.15, 0.2) is 42.6 Å². The molecule has 1 atom stereocenters. The number of amides is 2. The third kappa shape index (κ3) is 3.58. The number of hydrogen-bond acceptors (Lipinski definition) is 5. The molecule has 1 saturated heterocycles. The van der Waals surface area contributed by atoms with E-state index in [9.17, 15) is 14.7 Å². The van der Waals surface area contributed by atoms with Gasteiger partial charge in [0.1, 0.15) is 11.4 Å². The summed E-state index contributed by atoms with van der Waals surface area (Å²) in [5.41, 5.74) is 2.80. The highest BCUT2D eigenvalue weighted by Crippen LogP contribution is 2.49. The molecule has 1 aromatic carbocycles. The molecule has 2 aromatic heterocycles.